The van der Waals surface area contributed by atoms with Crippen molar-refractivity contribution in [2.45, 2.75) is 46.6 Å². The van der Waals surface area contributed by atoms with E-state index in [0.717, 1.165) is 19.4 Å². The average molecular weight is 363 g/mol. The lowest BCUT2D eigenvalue weighted by Crippen LogP contribution is -2.44. The van der Waals surface area contributed by atoms with E-state index < -0.39 is 10.0 Å². The van der Waals surface area contributed by atoms with Gasteiger partial charge in [-0.3, -0.25) is 4.99 Å². The predicted molar refractivity (Wildman–Crippen MR) is 98.8 cm³/mol. The second-order valence-electron chi connectivity index (χ2n) is 6.60. The molecule has 1 aliphatic rings. The van der Waals surface area contributed by atoms with Gasteiger partial charge in [-0.25, -0.2) is 8.42 Å². The van der Waals surface area contributed by atoms with Crippen molar-refractivity contribution in [2.75, 3.05) is 45.1 Å². The number of ether oxygens (including phenoxy) is 1. The smallest absolute Gasteiger partial charge is 0.216 e. The lowest BCUT2D eigenvalue weighted by atomic mass is 10.0. The van der Waals surface area contributed by atoms with Crippen LogP contribution < -0.4 is 10.6 Å². The first-order chi connectivity index (χ1) is 11.3. The van der Waals surface area contributed by atoms with Crippen molar-refractivity contribution in [2.24, 2.45) is 10.9 Å². The lowest BCUT2D eigenvalue weighted by molar-refractivity contribution is 0.0731. The molecule has 8 heteroatoms. The van der Waals surface area contributed by atoms with Gasteiger partial charge < -0.3 is 15.4 Å². The summed E-state index contributed by atoms with van der Waals surface area (Å²) >= 11 is 0. The summed E-state index contributed by atoms with van der Waals surface area (Å²) in [6.07, 6.45) is 2.22. The Morgan fingerprint density at radius 1 is 1.21 bits per heavy atom. The normalized spacial score (nSPS) is 18.6. The Hall–Kier alpha value is -0.860. The number of hydrogen-bond donors (Lipinski definition) is 2. The third-order valence-electron chi connectivity index (χ3n) is 3.89. The first kappa shape index (κ1) is 21.2. The van der Waals surface area contributed by atoms with Gasteiger partial charge in [-0.1, -0.05) is 13.8 Å². The molecule has 24 heavy (non-hydrogen) atoms. The molecule has 0 aromatic carbocycles. The van der Waals surface area contributed by atoms with E-state index >= 15 is 0 Å². The van der Waals surface area contributed by atoms with Crippen LogP contribution in [0.15, 0.2) is 4.99 Å². The van der Waals surface area contributed by atoms with Crippen LogP contribution in [0.2, 0.25) is 0 Å². The number of aliphatic imine (C=N–C) groups is 1. The van der Waals surface area contributed by atoms with Crippen LogP contribution in [0.5, 0.6) is 0 Å². The molecule has 7 nitrogen and oxygen atoms in total. The van der Waals surface area contributed by atoms with E-state index in [2.05, 4.69) is 36.4 Å². The molecule has 0 spiro atoms. The number of hydrogen-bond acceptors (Lipinski definition) is 4. The van der Waals surface area contributed by atoms with Gasteiger partial charge in [0.2, 0.25) is 10.0 Å². The molecule has 0 aliphatic carbocycles. The molecule has 1 atom stereocenters. The SMILES string of the molecule is CCNC(=NCCS(=O)(=O)N1CCOCC1)NC(C)CCC(C)C. The number of nitrogens with one attached hydrogen (secondary N) is 2. The molecule has 1 fully saturated rings. The van der Waals surface area contributed by atoms with Crippen molar-refractivity contribution in [1.82, 2.24) is 14.9 Å². The molecule has 0 radical (unpaired) electrons. The molecule has 1 unspecified atom stereocenters. The predicted octanol–water partition coefficient (Wildman–Crippen LogP) is 1.03. The molecule has 0 amide bonds. The molecule has 0 aromatic heterocycles. The fourth-order valence-corrected chi connectivity index (χ4v) is 3.72. The summed E-state index contributed by atoms with van der Waals surface area (Å²) in [6, 6.07) is 0.307. The van der Waals surface area contributed by atoms with Gasteiger partial charge in [0.05, 0.1) is 25.5 Å². The van der Waals surface area contributed by atoms with Gasteiger partial charge in [0.25, 0.3) is 0 Å². The molecule has 1 saturated heterocycles. The Bertz CT molecular complexity index is 474. The van der Waals surface area contributed by atoms with Gasteiger partial charge in [-0.2, -0.15) is 4.31 Å². The van der Waals surface area contributed by atoms with Crippen molar-refractivity contribution in [1.29, 1.82) is 0 Å². The summed E-state index contributed by atoms with van der Waals surface area (Å²) in [5.74, 6) is 1.39. The quantitative estimate of drug-likeness (QED) is 0.473. The zero-order valence-electron chi connectivity index (χ0n) is 15.5. The molecule has 0 bridgehead atoms. The van der Waals surface area contributed by atoms with Crippen LogP contribution in [0.1, 0.15) is 40.5 Å². The highest BCUT2D eigenvalue weighted by Gasteiger charge is 2.23. The fourth-order valence-electron chi connectivity index (χ4n) is 2.44. The van der Waals surface area contributed by atoms with E-state index in [1.54, 1.807) is 0 Å². The molecule has 1 aliphatic heterocycles. The Balaban J connectivity index is 2.49. The zero-order valence-corrected chi connectivity index (χ0v) is 16.4. The van der Waals surface area contributed by atoms with E-state index in [0.29, 0.717) is 44.2 Å². The standard InChI is InChI=1S/C16H34N4O3S/c1-5-17-16(19-15(4)7-6-14(2)3)18-8-13-24(21,22)20-9-11-23-12-10-20/h14-15H,5-13H2,1-4H3,(H2,17,18,19). The van der Waals surface area contributed by atoms with Crippen molar-refractivity contribution in [3.63, 3.8) is 0 Å². The summed E-state index contributed by atoms with van der Waals surface area (Å²) in [6.45, 7) is 11.4. The zero-order chi connectivity index (χ0) is 18.0. The Morgan fingerprint density at radius 3 is 2.46 bits per heavy atom. The molecule has 1 rings (SSSR count). The second-order valence-corrected chi connectivity index (χ2v) is 8.69. The van der Waals surface area contributed by atoms with Crippen molar-refractivity contribution in [3.05, 3.63) is 0 Å². The second kappa shape index (κ2) is 10.9. The first-order valence-electron chi connectivity index (χ1n) is 8.95. The number of sulfonamides is 1. The number of morpholine rings is 1. The molecule has 2 N–H and O–H groups in total. The van der Waals surface area contributed by atoms with E-state index in [9.17, 15) is 8.42 Å². The average Bonchev–Trinajstić information content (AvgIpc) is 2.54. The Morgan fingerprint density at radius 2 is 1.88 bits per heavy atom. The largest absolute Gasteiger partial charge is 0.379 e. The van der Waals surface area contributed by atoms with Crippen LogP contribution in [0.3, 0.4) is 0 Å². The van der Waals surface area contributed by atoms with Gasteiger partial charge in [0.15, 0.2) is 5.96 Å². The van der Waals surface area contributed by atoms with Crippen molar-refractivity contribution in [3.8, 4) is 0 Å². The maximum absolute atomic E-state index is 12.3. The highest BCUT2D eigenvalue weighted by atomic mass is 32.2. The highest BCUT2D eigenvalue weighted by Crippen LogP contribution is 2.07. The van der Waals surface area contributed by atoms with E-state index in [4.69, 9.17) is 4.74 Å². The topological polar surface area (TPSA) is 83.0 Å². The fraction of sp³-hybridized carbons (Fsp3) is 0.938. The maximum Gasteiger partial charge on any atom is 0.216 e. The van der Waals surface area contributed by atoms with Gasteiger partial charge in [-0.15, -0.1) is 0 Å². The van der Waals surface area contributed by atoms with Gasteiger partial charge >= 0.3 is 0 Å². The van der Waals surface area contributed by atoms with E-state index in [-0.39, 0.29) is 12.3 Å². The maximum atomic E-state index is 12.3. The monoisotopic (exact) mass is 362 g/mol. The summed E-state index contributed by atoms with van der Waals surface area (Å²) in [7, 11) is -3.25. The molecule has 142 valence electrons. The van der Waals surface area contributed by atoms with Crippen LogP contribution >= 0.6 is 0 Å². The van der Waals surface area contributed by atoms with Gasteiger partial charge in [0, 0.05) is 25.7 Å². The Kier molecular flexibility index (Phi) is 9.61. The number of nitrogens with zero attached hydrogens (tertiary/aromatic N) is 2. The minimum Gasteiger partial charge on any atom is -0.379 e. The molecular weight excluding hydrogens is 328 g/mol. The van der Waals surface area contributed by atoms with Crippen molar-refractivity contribution >= 4 is 16.0 Å². The summed E-state index contributed by atoms with van der Waals surface area (Å²) in [5, 5.41) is 6.53. The summed E-state index contributed by atoms with van der Waals surface area (Å²) < 4.78 is 31.3. The molecule has 0 saturated carbocycles. The van der Waals surface area contributed by atoms with Gasteiger partial charge in [-0.05, 0) is 32.6 Å². The van der Waals surface area contributed by atoms with Crippen LogP contribution in [-0.2, 0) is 14.8 Å². The highest BCUT2D eigenvalue weighted by molar-refractivity contribution is 7.89. The van der Waals surface area contributed by atoms with Crippen LogP contribution in [0, 0.1) is 5.92 Å². The molecular formula is C16H34N4O3S. The Labute approximate surface area is 147 Å². The minimum absolute atomic E-state index is 0.0317. The van der Waals surface area contributed by atoms with E-state index in [1.165, 1.54) is 4.31 Å². The number of rotatable bonds is 9. The van der Waals surface area contributed by atoms with Crippen molar-refractivity contribution < 1.29 is 13.2 Å². The van der Waals surface area contributed by atoms with E-state index in [1.807, 2.05) is 6.92 Å². The summed E-state index contributed by atoms with van der Waals surface area (Å²) in [4.78, 5) is 4.42. The van der Waals surface area contributed by atoms with Crippen LogP contribution in [-0.4, -0.2) is 69.9 Å². The first-order valence-corrected chi connectivity index (χ1v) is 10.6. The summed E-state index contributed by atoms with van der Waals surface area (Å²) in [5.41, 5.74) is 0. The van der Waals surface area contributed by atoms with Gasteiger partial charge in [0.1, 0.15) is 0 Å². The van der Waals surface area contributed by atoms with Crippen LogP contribution in [0.25, 0.3) is 0 Å². The molecule has 0 aromatic rings. The lowest BCUT2D eigenvalue weighted by Gasteiger charge is -2.25. The third kappa shape index (κ3) is 8.30. The third-order valence-corrected chi connectivity index (χ3v) is 5.74. The molecule has 1 heterocycles. The minimum atomic E-state index is -3.25. The number of guanidine groups is 1. The van der Waals surface area contributed by atoms with Crippen LogP contribution in [0.4, 0.5) is 0 Å².